The number of carbonyl (C=O) groups is 1. The average molecular weight is 209 g/mol. The molecule has 0 spiro atoms. The molecule has 1 unspecified atom stereocenters. The summed E-state index contributed by atoms with van der Waals surface area (Å²) in [5.74, 6) is 0.162. The lowest BCUT2D eigenvalue weighted by atomic mass is 10.2. The first kappa shape index (κ1) is 11.5. The number of nitrogens with one attached hydrogen (secondary N) is 1. The van der Waals surface area contributed by atoms with Crippen LogP contribution in [-0.2, 0) is 4.74 Å². The Morgan fingerprint density at radius 3 is 3.07 bits per heavy atom. The third-order valence-corrected chi connectivity index (χ3v) is 2.00. The van der Waals surface area contributed by atoms with Crippen molar-refractivity contribution in [1.29, 1.82) is 0 Å². The first-order valence-corrected chi connectivity index (χ1v) is 4.66. The van der Waals surface area contributed by atoms with E-state index in [0.29, 0.717) is 17.9 Å². The van der Waals surface area contributed by atoms with Crippen molar-refractivity contribution >= 4 is 11.7 Å². The molecule has 0 aliphatic rings. The lowest BCUT2D eigenvalue weighted by Crippen LogP contribution is -2.31. The molecule has 0 aliphatic heterocycles. The molecule has 1 amide bonds. The van der Waals surface area contributed by atoms with Crippen LogP contribution in [0.25, 0.3) is 0 Å². The number of rotatable bonds is 4. The van der Waals surface area contributed by atoms with E-state index in [9.17, 15) is 4.79 Å². The number of methoxy groups -OCH3 is 1. The van der Waals surface area contributed by atoms with Gasteiger partial charge in [0.25, 0.3) is 5.91 Å². The van der Waals surface area contributed by atoms with Crippen LogP contribution < -0.4 is 11.1 Å². The molecule has 3 N–H and O–H groups in total. The van der Waals surface area contributed by atoms with Gasteiger partial charge >= 0.3 is 0 Å². The van der Waals surface area contributed by atoms with E-state index in [0.717, 1.165) is 0 Å². The fraction of sp³-hybridized carbons (Fsp3) is 0.400. The van der Waals surface area contributed by atoms with Crippen molar-refractivity contribution in [3.8, 4) is 0 Å². The molecule has 82 valence electrons. The summed E-state index contributed by atoms with van der Waals surface area (Å²) in [7, 11) is 1.60. The van der Waals surface area contributed by atoms with E-state index in [4.69, 9.17) is 10.5 Å². The van der Waals surface area contributed by atoms with E-state index in [-0.39, 0.29) is 12.0 Å². The number of hydrogen-bond donors (Lipinski definition) is 2. The number of nitrogens with zero attached hydrogens (tertiary/aromatic N) is 1. The minimum Gasteiger partial charge on any atom is -0.384 e. The second-order valence-corrected chi connectivity index (χ2v) is 3.23. The lowest BCUT2D eigenvalue weighted by molar-refractivity contribution is 0.0870. The fourth-order valence-corrected chi connectivity index (χ4v) is 1.01. The molecular formula is C10H15N3O2. The number of nitrogens with two attached hydrogens (primary N) is 1. The Hall–Kier alpha value is -1.62. The molecular weight excluding hydrogens is 194 g/mol. The molecule has 5 nitrogen and oxygen atoms in total. The predicted octanol–water partition coefficient (Wildman–Crippen LogP) is 0.429. The van der Waals surface area contributed by atoms with E-state index in [1.54, 1.807) is 13.2 Å². The quantitative estimate of drug-likeness (QED) is 0.753. The first-order chi connectivity index (χ1) is 7.13. The van der Waals surface area contributed by atoms with Gasteiger partial charge in [0, 0.05) is 25.4 Å². The lowest BCUT2D eigenvalue weighted by Gasteiger charge is -2.10. The minimum atomic E-state index is -0.173. The molecule has 1 atom stereocenters. The highest BCUT2D eigenvalue weighted by Gasteiger charge is 2.07. The summed E-state index contributed by atoms with van der Waals surface area (Å²) >= 11 is 0. The van der Waals surface area contributed by atoms with Crippen molar-refractivity contribution in [3.63, 3.8) is 0 Å². The third-order valence-electron chi connectivity index (χ3n) is 2.00. The summed E-state index contributed by atoms with van der Waals surface area (Å²) < 4.78 is 5.01. The number of amides is 1. The number of pyridine rings is 1. The Balaban J connectivity index is 2.54. The van der Waals surface area contributed by atoms with Crippen LogP contribution in [-0.4, -0.2) is 30.6 Å². The molecule has 0 saturated heterocycles. The average Bonchev–Trinajstić information content (AvgIpc) is 2.25. The van der Waals surface area contributed by atoms with Gasteiger partial charge in [0.05, 0.1) is 6.10 Å². The molecule has 0 radical (unpaired) electrons. The summed E-state index contributed by atoms with van der Waals surface area (Å²) in [5.41, 5.74) is 5.97. The summed E-state index contributed by atoms with van der Waals surface area (Å²) in [6, 6.07) is 3.15. The van der Waals surface area contributed by atoms with Gasteiger partial charge < -0.3 is 15.8 Å². The highest BCUT2D eigenvalue weighted by Crippen LogP contribution is 2.02. The normalized spacial score (nSPS) is 12.1. The topological polar surface area (TPSA) is 77.2 Å². The zero-order valence-electron chi connectivity index (χ0n) is 8.86. The van der Waals surface area contributed by atoms with E-state index in [1.807, 2.05) is 6.92 Å². The number of aromatic nitrogens is 1. The minimum absolute atomic E-state index is 0.00636. The molecule has 1 aromatic rings. The zero-order chi connectivity index (χ0) is 11.3. The number of ether oxygens (including phenoxy) is 1. The van der Waals surface area contributed by atoms with E-state index < -0.39 is 0 Å². The van der Waals surface area contributed by atoms with Gasteiger partial charge in [0.1, 0.15) is 5.82 Å². The maximum atomic E-state index is 11.6. The largest absolute Gasteiger partial charge is 0.384 e. The Morgan fingerprint density at radius 1 is 1.73 bits per heavy atom. The summed E-state index contributed by atoms with van der Waals surface area (Å²) in [5, 5.41) is 2.73. The van der Waals surface area contributed by atoms with Crippen molar-refractivity contribution in [2.75, 3.05) is 19.4 Å². The maximum absolute atomic E-state index is 11.6. The summed E-state index contributed by atoms with van der Waals surface area (Å²) in [6.07, 6.45) is 1.50. The van der Waals surface area contributed by atoms with Gasteiger partial charge in [-0.05, 0) is 19.1 Å². The standard InChI is InChI=1S/C10H15N3O2/c1-7(15-2)6-13-10(14)8-3-4-12-9(11)5-8/h3-5,7H,6H2,1-2H3,(H2,11,12)(H,13,14). The SMILES string of the molecule is COC(C)CNC(=O)c1ccnc(N)c1. The monoisotopic (exact) mass is 209 g/mol. The third kappa shape index (κ3) is 3.55. The molecule has 0 saturated carbocycles. The number of carbonyl (C=O) groups excluding carboxylic acids is 1. The Labute approximate surface area is 88.6 Å². The number of hydrogen-bond acceptors (Lipinski definition) is 4. The smallest absolute Gasteiger partial charge is 0.251 e. The molecule has 0 bridgehead atoms. The van der Waals surface area contributed by atoms with Crippen LogP contribution in [0.1, 0.15) is 17.3 Å². The van der Waals surface area contributed by atoms with E-state index >= 15 is 0 Å². The molecule has 0 fully saturated rings. The van der Waals surface area contributed by atoms with E-state index in [2.05, 4.69) is 10.3 Å². The zero-order valence-corrected chi connectivity index (χ0v) is 8.86. The Kier molecular flexibility index (Phi) is 4.05. The second-order valence-electron chi connectivity index (χ2n) is 3.23. The van der Waals surface area contributed by atoms with Crippen LogP contribution >= 0.6 is 0 Å². The van der Waals surface area contributed by atoms with E-state index in [1.165, 1.54) is 12.3 Å². The Morgan fingerprint density at radius 2 is 2.47 bits per heavy atom. The van der Waals surface area contributed by atoms with Crippen LogP contribution in [0.15, 0.2) is 18.3 Å². The van der Waals surface area contributed by atoms with Crippen LogP contribution in [0.2, 0.25) is 0 Å². The molecule has 1 aromatic heterocycles. The highest BCUT2D eigenvalue weighted by molar-refractivity contribution is 5.94. The van der Waals surface area contributed by atoms with Crippen molar-refractivity contribution in [1.82, 2.24) is 10.3 Å². The van der Waals surface area contributed by atoms with Crippen molar-refractivity contribution in [3.05, 3.63) is 23.9 Å². The van der Waals surface area contributed by atoms with Gasteiger partial charge in [-0.15, -0.1) is 0 Å². The van der Waals surface area contributed by atoms with Gasteiger partial charge in [-0.3, -0.25) is 4.79 Å². The summed E-state index contributed by atoms with van der Waals surface area (Å²) in [4.78, 5) is 15.4. The van der Waals surface area contributed by atoms with Gasteiger partial charge in [0.15, 0.2) is 0 Å². The fourth-order valence-electron chi connectivity index (χ4n) is 1.01. The molecule has 0 aromatic carbocycles. The van der Waals surface area contributed by atoms with Gasteiger partial charge in [-0.1, -0.05) is 0 Å². The predicted molar refractivity (Wildman–Crippen MR) is 57.5 cm³/mol. The maximum Gasteiger partial charge on any atom is 0.251 e. The van der Waals surface area contributed by atoms with Gasteiger partial charge in [-0.2, -0.15) is 0 Å². The molecule has 0 aliphatic carbocycles. The van der Waals surface area contributed by atoms with Crippen molar-refractivity contribution in [2.24, 2.45) is 0 Å². The highest BCUT2D eigenvalue weighted by atomic mass is 16.5. The molecule has 1 heterocycles. The van der Waals surface area contributed by atoms with Gasteiger partial charge in [0.2, 0.25) is 0 Å². The molecule has 5 heteroatoms. The summed E-state index contributed by atoms with van der Waals surface area (Å²) in [6.45, 7) is 2.35. The van der Waals surface area contributed by atoms with Crippen LogP contribution in [0.3, 0.4) is 0 Å². The Bertz CT molecular complexity index is 341. The van der Waals surface area contributed by atoms with Gasteiger partial charge in [-0.25, -0.2) is 4.98 Å². The van der Waals surface area contributed by atoms with Crippen molar-refractivity contribution in [2.45, 2.75) is 13.0 Å². The van der Waals surface area contributed by atoms with Crippen molar-refractivity contribution < 1.29 is 9.53 Å². The van der Waals surface area contributed by atoms with Crippen LogP contribution in [0.4, 0.5) is 5.82 Å². The van der Waals surface area contributed by atoms with Crippen LogP contribution in [0, 0.1) is 0 Å². The van der Waals surface area contributed by atoms with Crippen LogP contribution in [0.5, 0.6) is 0 Å². The molecule has 15 heavy (non-hydrogen) atoms. The molecule has 1 rings (SSSR count). The number of nitrogen functional groups attached to an aromatic ring is 1. The number of anilines is 1. The first-order valence-electron chi connectivity index (χ1n) is 4.66. The second kappa shape index (κ2) is 5.31.